The van der Waals surface area contributed by atoms with E-state index in [0.717, 1.165) is 12.2 Å². The molecule has 0 atom stereocenters. The van der Waals surface area contributed by atoms with Crippen molar-refractivity contribution >= 4 is 11.7 Å². The third-order valence-electron chi connectivity index (χ3n) is 3.47. The lowest BCUT2D eigenvalue weighted by Gasteiger charge is -2.22. The predicted molar refractivity (Wildman–Crippen MR) is 74.7 cm³/mol. The number of hydrogen-bond acceptors (Lipinski definition) is 3. The van der Waals surface area contributed by atoms with E-state index in [9.17, 15) is 4.79 Å². The van der Waals surface area contributed by atoms with Crippen LogP contribution in [0, 0.1) is 0 Å². The summed E-state index contributed by atoms with van der Waals surface area (Å²) in [4.78, 5) is 10.7. The number of carbonyl (C=O) groups is 1. The second-order valence-electron chi connectivity index (χ2n) is 4.94. The summed E-state index contributed by atoms with van der Waals surface area (Å²) in [6, 6.07) is 6.77. The van der Waals surface area contributed by atoms with E-state index >= 15 is 0 Å². The SMILES string of the molecule is O=C(O)c1ccc(NCCOC2CCCCC2)cc1. The summed E-state index contributed by atoms with van der Waals surface area (Å²) in [5.41, 5.74) is 1.24. The molecular weight excluding hydrogens is 242 g/mol. The van der Waals surface area contributed by atoms with Crippen LogP contribution in [0.1, 0.15) is 42.5 Å². The van der Waals surface area contributed by atoms with E-state index in [4.69, 9.17) is 9.84 Å². The van der Waals surface area contributed by atoms with Gasteiger partial charge in [-0.3, -0.25) is 0 Å². The van der Waals surface area contributed by atoms with Gasteiger partial charge in [0, 0.05) is 12.2 Å². The van der Waals surface area contributed by atoms with Gasteiger partial charge in [0.1, 0.15) is 0 Å². The van der Waals surface area contributed by atoms with Crippen molar-refractivity contribution in [3.8, 4) is 0 Å². The molecule has 1 aliphatic carbocycles. The average molecular weight is 263 g/mol. The molecular formula is C15H21NO3. The van der Waals surface area contributed by atoms with Crippen LogP contribution in [0.25, 0.3) is 0 Å². The largest absolute Gasteiger partial charge is 0.478 e. The molecule has 0 heterocycles. The van der Waals surface area contributed by atoms with Crippen molar-refractivity contribution in [3.63, 3.8) is 0 Å². The van der Waals surface area contributed by atoms with Gasteiger partial charge in [0.25, 0.3) is 0 Å². The topological polar surface area (TPSA) is 58.6 Å². The first-order chi connectivity index (χ1) is 9.25. The molecule has 19 heavy (non-hydrogen) atoms. The first kappa shape index (κ1) is 13.9. The van der Waals surface area contributed by atoms with Crippen LogP contribution in [-0.4, -0.2) is 30.3 Å². The Bertz CT molecular complexity index is 396. The number of hydrogen-bond donors (Lipinski definition) is 2. The van der Waals surface area contributed by atoms with E-state index in [2.05, 4.69) is 5.32 Å². The summed E-state index contributed by atoms with van der Waals surface area (Å²) in [6.45, 7) is 1.45. The molecule has 1 fully saturated rings. The summed E-state index contributed by atoms with van der Waals surface area (Å²) in [7, 11) is 0. The minimum atomic E-state index is -0.896. The summed E-state index contributed by atoms with van der Waals surface area (Å²) < 4.78 is 5.81. The number of carboxylic acids is 1. The third kappa shape index (κ3) is 4.56. The van der Waals surface area contributed by atoms with Crippen LogP contribution < -0.4 is 5.32 Å². The molecule has 0 unspecified atom stereocenters. The van der Waals surface area contributed by atoms with Crippen LogP contribution in [0.4, 0.5) is 5.69 Å². The van der Waals surface area contributed by atoms with E-state index in [1.54, 1.807) is 24.3 Å². The average Bonchev–Trinajstić information content (AvgIpc) is 2.45. The molecule has 0 radical (unpaired) electrons. The molecule has 4 nitrogen and oxygen atoms in total. The molecule has 0 aliphatic heterocycles. The molecule has 0 saturated heterocycles. The zero-order chi connectivity index (χ0) is 13.5. The van der Waals surface area contributed by atoms with Gasteiger partial charge in [-0.1, -0.05) is 19.3 Å². The van der Waals surface area contributed by atoms with Crippen molar-refractivity contribution in [1.29, 1.82) is 0 Å². The first-order valence-electron chi connectivity index (χ1n) is 6.94. The number of ether oxygens (including phenoxy) is 1. The van der Waals surface area contributed by atoms with E-state index in [1.165, 1.54) is 32.1 Å². The Morgan fingerprint density at radius 2 is 1.89 bits per heavy atom. The molecule has 2 N–H and O–H groups in total. The van der Waals surface area contributed by atoms with Crippen molar-refractivity contribution in [2.45, 2.75) is 38.2 Å². The summed E-state index contributed by atoms with van der Waals surface area (Å²) in [6.07, 6.45) is 6.72. The Morgan fingerprint density at radius 1 is 1.21 bits per heavy atom. The number of aromatic carboxylic acids is 1. The monoisotopic (exact) mass is 263 g/mol. The van der Waals surface area contributed by atoms with Gasteiger partial charge in [0.15, 0.2) is 0 Å². The van der Waals surface area contributed by atoms with E-state index < -0.39 is 5.97 Å². The van der Waals surface area contributed by atoms with Gasteiger partial charge in [-0.15, -0.1) is 0 Å². The highest BCUT2D eigenvalue weighted by molar-refractivity contribution is 5.87. The number of anilines is 1. The third-order valence-corrected chi connectivity index (χ3v) is 3.47. The molecule has 1 aromatic carbocycles. The molecule has 0 bridgehead atoms. The number of carboxylic acid groups (broad SMARTS) is 1. The molecule has 1 aliphatic rings. The van der Waals surface area contributed by atoms with Crippen LogP contribution in [0.2, 0.25) is 0 Å². The molecule has 0 amide bonds. The van der Waals surface area contributed by atoms with Crippen molar-refractivity contribution in [2.75, 3.05) is 18.5 Å². The van der Waals surface area contributed by atoms with Crippen LogP contribution in [0.15, 0.2) is 24.3 Å². The molecule has 1 saturated carbocycles. The number of nitrogens with one attached hydrogen (secondary N) is 1. The molecule has 1 aromatic rings. The molecule has 0 aromatic heterocycles. The fraction of sp³-hybridized carbons (Fsp3) is 0.533. The van der Waals surface area contributed by atoms with Crippen LogP contribution in [0.3, 0.4) is 0 Å². The lowest BCUT2D eigenvalue weighted by Crippen LogP contribution is -2.20. The maximum atomic E-state index is 10.7. The molecule has 4 heteroatoms. The lowest BCUT2D eigenvalue weighted by atomic mass is 9.98. The standard InChI is InChI=1S/C15H21NO3/c17-15(18)12-6-8-13(9-7-12)16-10-11-19-14-4-2-1-3-5-14/h6-9,14,16H,1-5,10-11H2,(H,17,18). The highest BCUT2D eigenvalue weighted by Gasteiger charge is 2.12. The molecule has 2 rings (SSSR count). The maximum Gasteiger partial charge on any atom is 0.335 e. The zero-order valence-corrected chi connectivity index (χ0v) is 11.1. The normalized spacial score (nSPS) is 16.2. The highest BCUT2D eigenvalue weighted by atomic mass is 16.5. The van der Waals surface area contributed by atoms with Gasteiger partial charge in [-0.05, 0) is 37.1 Å². The van der Waals surface area contributed by atoms with Gasteiger partial charge in [0.2, 0.25) is 0 Å². The van der Waals surface area contributed by atoms with Gasteiger partial charge >= 0.3 is 5.97 Å². The van der Waals surface area contributed by atoms with Gasteiger partial charge in [0.05, 0.1) is 18.3 Å². The van der Waals surface area contributed by atoms with E-state index in [-0.39, 0.29) is 0 Å². The second-order valence-corrected chi connectivity index (χ2v) is 4.94. The molecule has 0 spiro atoms. The first-order valence-corrected chi connectivity index (χ1v) is 6.94. The number of rotatable bonds is 6. The maximum absolute atomic E-state index is 10.7. The Kier molecular flexibility index (Phi) is 5.21. The quantitative estimate of drug-likeness (QED) is 0.774. The van der Waals surface area contributed by atoms with Crippen molar-refractivity contribution in [1.82, 2.24) is 0 Å². The zero-order valence-electron chi connectivity index (χ0n) is 11.1. The number of benzene rings is 1. The Balaban J connectivity index is 1.66. The lowest BCUT2D eigenvalue weighted by molar-refractivity contribution is 0.0347. The predicted octanol–water partition coefficient (Wildman–Crippen LogP) is 3.15. The summed E-state index contributed by atoms with van der Waals surface area (Å²) in [5, 5.41) is 12.0. The Labute approximate surface area is 113 Å². The summed E-state index contributed by atoms with van der Waals surface area (Å²) >= 11 is 0. The van der Waals surface area contributed by atoms with Crippen LogP contribution in [-0.2, 0) is 4.74 Å². The van der Waals surface area contributed by atoms with E-state index in [0.29, 0.717) is 18.3 Å². The highest BCUT2D eigenvalue weighted by Crippen LogP contribution is 2.20. The van der Waals surface area contributed by atoms with E-state index in [1.807, 2.05) is 0 Å². The van der Waals surface area contributed by atoms with Crippen molar-refractivity contribution < 1.29 is 14.6 Å². The van der Waals surface area contributed by atoms with Crippen LogP contribution in [0.5, 0.6) is 0 Å². The minimum absolute atomic E-state index is 0.309. The minimum Gasteiger partial charge on any atom is -0.478 e. The van der Waals surface area contributed by atoms with Crippen molar-refractivity contribution in [2.24, 2.45) is 0 Å². The van der Waals surface area contributed by atoms with Crippen molar-refractivity contribution in [3.05, 3.63) is 29.8 Å². The fourth-order valence-corrected chi connectivity index (χ4v) is 2.38. The second kappa shape index (κ2) is 7.14. The Hall–Kier alpha value is -1.55. The fourth-order valence-electron chi connectivity index (χ4n) is 2.38. The smallest absolute Gasteiger partial charge is 0.335 e. The summed E-state index contributed by atoms with van der Waals surface area (Å²) in [5.74, 6) is -0.896. The Morgan fingerprint density at radius 3 is 2.53 bits per heavy atom. The van der Waals surface area contributed by atoms with Gasteiger partial charge in [-0.2, -0.15) is 0 Å². The van der Waals surface area contributed by atoms with Gasteiger partial charge < -0.3 is 15.2 Å². The van der Waals surface area contributed by atoms with Gasteiger partial charge in [-0.25, -0.2) is 4.79 Å². The molecule has 104 valence electrons. The van der Waals surface area contributed by atoms with Crippen LogP contribution >= 0.6 is 0 Å².